The van der Waals surface area contributed by atoms with Gasteiger partial charge in [0, 0.05) is 30.1 Å². The van der Waals surface area contributed by atoms with Gasteiger partial charge in [-0.3, -0.25) is 10.2 Å². The zero-order chi connectivity index (χ0) is 19.1. The van der Waals surface area contributed by atoms with Crippen LogP contribution in [0.2, 0.25) is 0 Å². The molecule has 0 saturated heterocycles. The van der Waals surface area contributed by atoms with Crippen LogP contribution in [-0.4, -0.2) is 36.4 Å². The summed E-state index contributed by atoms with van der Waals surface area (Å²) in [5.74, 6) is 0.826. The van der Waals surface area contributed by atoms with Gasteiger partial charge in [-0.15, -0.1) is 0 Å². The molecule has 1 amide bonds. The molecular formula is C19H24N4O3. The minimum atomic E-state index is -0.199. The molecule has 0 unspecified atom stereocenters. The Balaban J connectivity index is 2.22. The van der Waals surface area contributed by atoms with E-state index < -0.39 is 0 Å². The highest BCUT2D eigenvalue weighted by Gasteiger charge is 2.12. The first kappa shape index (κ1) is 19.4. The van der Waals surface area contributed by atoms with Crippen LogP contribution in [0.5, 0.6) is 5.75 Å². The van der Waals surface area contributed by atoms with Gasteiger partial charge in [-0.1, -0.05) is 0 Å². The standard InChI is InChI=1S/C19H24N4O3/c1-12(2)26-14-4-5-16(20)15(11-14)19(21)13-6-8-22-17(10-13)23-18(24)7-9-25-3/h4-6,8,10-12,21H,7,9,20H2,1-3H3,(H,22,23,24). The number of nitrogens with one attached hydrogen (secondary N) is 2. The summed E-state index contributed by atoms with van der Waals surface area (Å²) in [5, 5.41) is 11.2. The molecule has 2 aromatic rings. The Morgan fingerprint density at radius 2 is 2.08 bits per heavy atom. The molecule has 2 rings (SSSR count). The quantitative estimate of drug-likeness (QED) is 0.497. The Bertz CT molecular complexity index is 790. The third kappa shape index (κ3) is 5.29. The van der Waals surface area contributed by atoms with Gasteiger partial charge in [-0.05, 0) is 44.2 Å². The first-order chi connectivity index (χ1) is 12.4. The maximum absolute atomic E-state index is 11.8. The molecule has 0 fully saturated rings. The monoisotopic (exact) mass is 356 g/mol. The number of aromatic nitrogens is 1. The van der Waals surface area contributed by atoms with Crippen molar-refractivity contribution < 1.29 is 14.3 Å². The van der Waals surface area contributed by atoms with E-state index in [1.165, 1.54) is 7.11 Å². The van der Waals surface area contributed by atoms with Crippen molar-refractivity contribution in [2.75, 3.05) is 24.8 Å². The predicted molar refractivity (Wildman–Crippen MR) is 102 cm³/mol. The summed E-state index contributed by atoms with van der Waals surface area (Å²) in [4.78, 5) is 15.9. The lowest BCUT2D eigenvalue weighted by Gasteiger charge is -2.14. The van der Waals surface area contributed by atoms with Crippen LogP contribution in [0, 0.1) is 5.41 Å². The van der Waals surface area contributed by atoms with Crippen molar-refractivity contribution >= 4 is 23.1 Å². The number of amides is 1. The Morgan fingerprint density at radius 3 is 2.77 bits per heavy atom. The Morgan fingerprint density at radius 1 is 1.31 bits per heavy atom. The first-order valence-electron chi connectivity index (χ1n) is 8.31. The topological polar surface area (TPSA) is 110 Å². The Labute approximate surface area is 153 Å². The van der Waals surface area contributed by atoms with E-state index in [1.54, 1.807) is 36.5 Å². The molecule has 1 aromatic carbocycles. The highest BCUT2D eigenvalue weighted by molar-refractivity contribution is 6.14. The average molecular weight is 356 g/mol. The summed E-state index contributed by atoms with van der Waals surface area (Å²) in [6.07, 6.45) is 1.80. The molecule has 0 radical (unpaired) electrons. The predicted octanol–water partition coefficient (Wildman–Crippen LogP) is 2.84. The second-order valence-electron chi connectivity index (χ2n) is 6.01. The Kier molecular flexibility index (Phi) is 6.68. The summed E-state index contributed by atoms with van der Waals surface area (Å²) in [7, 11) is 1.54. The van der Waals surface area contributed by atoms with Gasteiger partial charge >= 0.3 is 0 Å². The van der Waals surface area contributed by atoms with Crippen molar-refractivity contribution in [2.45, 2.75) is 26.4 Å². The molecule has 7 nitrogen and oxygen atoms in total. The lowest BCUT2D eigenvalue weighted by Crippen LogP contribution is -2.15. The number of benzene rings is 1. The lowest BCUT2D eigenvalue weighted by atomic mass is 10.0. The molecule has 26 heavy (non-hydrogen) atoms. The maximum Gasteiger partial charge on any atom is 0.227 e. The fraction of sp³-hybridized carbons (Fsp3) is 0.316. The van der Waals surface area contributed by atoms with Gasteiger partial charge in [0.05, 0.1) is 24.8 Å². The van der Waals surface area contributed by atoms with Crippen LogP contribution in [0.3, 0.4) is 0 Å². The lowest BCUT2D eigenvalue weighted by molar-refractivity contribution is -0.117. The zero-order valence-electron chi connectivity index (χ0n) is 15.2. The van der Waals surface area contributed by atoms with Crippen molar-refractivity contribution in [3.8, 4) is 5.75 Å². The smallest absolute Gasteiger partial charge is 0.227 e. The summed E-state index contributed by atoms with van der Waals surface area (Å²) in [6, 6.07) is 8.58. The number of nitrogen functional groups attached to an aromatic ring is 1. The number of nitrogens with two attached hydrogens (primary N) is 1. The van der Waals surface area contributed by atoms with Gasteiger partial charge in [-0.2, -0.15) is 0 Å². The average Bonchev–Trinajstić information content (AvgIpc) is 2.61. The number of carbonyl (C=O) groups is 1. The number of nitrogens with zero attached hydrogens (tertiary/aromatic N) is 1. The van der Waals surface area contributed by atoms with Gasteiger partial charge in [0.1, 0.15) is 11.6 Å². The molecule has 0 aliphatic heterocycles. The zero-order valence-corrected chi connectivity index (χ0v) is 15.2. The van der Waals surface area contributed by atoms with E-state index in [0.29, 0.717) is 35.0 Å². The minimum absolute atomic E-state index is 0.0236. The normalized spacial score (nSPS) is 10.6. The molecule has 0 spiro atoms. The van der Waals surface area contributed by atoms with E-state index in [4.69, 9.17) is 20.6 Å². The molecule has 0 atom stereocenters. The maximum atomic E-state index is 11.8. The first-order valence-corrected chi connectivity index (χ1v) is 8.31. The van der Waals surface area contributed by atoms with Crippen LogP contribution in [0.4, 0.5) is 11.5 Å². The fourth-order valence-electron chi connectivity index (χ4n) is 2.31. The molecule has 7 heteroatoms. The molecule has 0 bridgehead atoms. The molecule has 0 aliphatic carbocycles. The fourth-order valence-corrected chi connectivity index (χ4v) is 2.31. The van der Waals surface area contributed by atoms with Gasteiger partial charge in [0.15, 0.2) is 0 Å². The van der Waals surface area contributed by atoms with Crippen LogP contribution in [0.25, 0.3) is 0 Å². The van der Waals surface area contributed by atoms with E-state index >= 15 is 0 Å². The van der Waals surface area contributed by atoms with E-state index in [1.807, 2.05) is 13.8 Å². The molecule has 0 saturated carbocycles. The van der Waals surface area contributed by atoms with E-state index in [0.717, 1.165) is 0 Å². The van der Waals surface area contributed by atoms with Crippen LogP contribution in [-0.2, 0) is 9.53 Å². The minimum Gasteiger partial charge on any atom is -0.491 e. The molecule has 138 valence electrons. The number of rotatable bonds is 8. The molecular weight excluding hydrogens is 332 g/mol. The number of ether oxygens (including phenoxy) is 2. The van der Waals surface area contributed by atoms with E-state index in [9.17, 15) is 4.79 Å². The van der Waals surface area contributed by atoms with Crippen LogP contribution in [0.15, 0.2) is 36.5 Å². The largest absolute Gasteiger partial charge is 0.491 e. The summed E-state index contributed by atoms with van der Waals surface area (Å²) in [5.41, 5.74) is 7.90. The highest BCUT2D eigenvalue weighted by atomic mass is 16.5. The van der Waals surface area contributed by atoms with Gasteiger partial charge in [-0.25, -0.2) is 4.98 Å². The number of methoxy groups -OCH3 is 1. The molecule has 1 heterocycles. The SMILES string of the molecule is COCCC(=O)Nc1cc(C(=N)c2cc(OC(C)C)ccc2N)ccn1. The number of hydrogen-bond acceptors (Lipinski definition) is 6. The second kappa shape index (κ2) is 8.96. The van der Waals surface area contributed by atoms with Crippen molar-refractivity contribution in [1.82, 2.24) is 4.98 Å². The van der Waals surface area contributed by atoms with Crippen LogP contribution in [0.1, 0.15) is 31.4 Å². The third-order valence-electron chi connectivity index (χ3n) is 3.52. The van der Waals surface area contributed by atoms with E-state index in [2.05, 4.69) is 10.3 Å². The third-order valence-corrected chi connectivity index (χ3v) is 3.52. The summed E-state index contributed by atoms with van der Waals surface area (Å²) >= 11 is 0. The van der Waals surface area contributed by atoms with Gasteiger partial charge in [0.2, 0.25) is 5.91 Å². The summed E-state index contributed by atoms with van der Waals surface area (Å²) in [6.45, 7) is 4.20. The van der Waals surface area contributed by atoms with Crippen molar-refractivity contribution in [3.63, 3.8) is 0 Å². The van der Waals surface area contributed by atoms with Crippen LogP contribution >= 0.6 is 0 Å². The Hall–Kier alpha value is -2.93. The van der Waals surface area contributed by atoms with E-state index in [-0.39, 0.29) is 24.1 Å². The molecule has 1 aromatic heterocycles. The van der Waals surface area contributed by atoms with Crippen molar-refractivity contribution in [1.29, 1.82) is 5.41 Å². The summed E-state index contributed by atoms with van der Waals surface area (Å²) < 4.78 is 10.6. The second-order valence-corrected chi connectivity index (χ2v) is 6.01. The molecule has 0 aliphatic rings. The van der Waals surface area contributed by atoms with Gasteiger partial charge in [0.25, 0.3) is 0 Å². The number of hydrogen-bond donors (Lipinski definition) is 3. The van der Waals surface area contributed by atoms with Crippen molar-refractivity contribution in [3.05, 3.63) is 47.7 Å². The number of carbonyl (C=O) groups excluding carboxylic acids is 1. The number of anilines is 2. The number of pyridine rings is 1. The van der Waals surface area contributed by atoms with Crippen molar-refractivity contribution in [2.24, 2.45) is 0 Å². The highest BCUT2D eigenvalue weighted by Crippen LogP contribution is 2.24. The van der Waals surface area contributed by atoms with Crippen LogP contribution < -0.4 is 15.8 Å². The van der Waals surface area contributed by atoms with Gasteiger partial charge < -0.3 is 20.5 Å². The molecule has 4 N–H and O–H groups in total.